The summed E-state index contributed by atoms with van der Waals surface area (Å²) < 4.78 is 5.51. The molecular formula is C11H24N2O2. The molecule has 1 aliphatic rings. The second-order valence-electron chi connectivity index (χ2n) is 4.18. The third-order valence-corrected chi connectivity index (χ3v) is 2.85. The van der Waals surface area contributed by atoms with Crippen molar-refractivity contribution in [1.29, 1.82) is 0 Å². The van der Waals surface area contributed by atoms with Crippen LogP contribution in [0.1, 0.15) is 25.7 Å². The molecule has 0 spiro atoms. The zero-order valence-electron chi connectivity index (χ0n) is 9.53. The molecule has 1 rings (SSSR count). The number of rotatable bonds is 7. The molecule has 15 heavy (non-hydrogen) atoms. The van der Waals surface area contributed by atoms with Crippen molar-refractivity contribution in [3.63, 3.8) is 0 Å². The third kappa shape index (κ3) is 6.10. The van der Waals surface area contributed by atoms with E-state index in [9.17, 15) is 5.11 Å². The first-order valence-electron chi connectivity index (χ1n) is 6.01. The fourth-order valence-electron chi connectivity index (χ4n) is 1.79. The first-order valence-corrected chi connectivity index (χ1v) is 6.01. The number of unbranched alkanes of at least 4 members (excludes halogenated alkanes) is 1. The maximum absolute atomic E-state index is 9.33. The summed E-state index contributed by atoms with van der Waals surface area (Å²) in [6, 6.07) is 0. The number of hydrogen-bond acceptors (Lipinski definition) is 4. The number of nitrogens with two attached hydrogens (primary N) is 1. The highest BCUT2D eigenvalue weighted by Gasteiger charge is 2.15. The maximum atomic E-state index is 9.33. The molecule has 1 saturated heterocycles. The predicted octanol–water partition coefficient (Wildman–Crippen LogP) is 0.199. The van der Waals surface area contributed by atoms with E-state index in [0.29, 0.717) is 0 Å². The molecule has 4 heteroatoms. The Morgan fingerprint density at radius 3 is 2.60 bits per heavy atom. The van der Waals surface area contributed by atoms with Crippen molar-refractivity contribution in [3.05, 3.63) is 0 Å². The number of ether oxygens (including phenoxy) is 1. The smallest absolute Gasteiger partial charge is 0.0593 e. The number of piperidine rings is 1. The van der Waals surface area contributed by atoms with Gasteiger partial charge in [-0.2, -0.15) is 0 Å². The van der Waals surface area contributed by atoms with E-state index >= 15 is 0 Å². The molecule has 0 aliphatic carbocycles. The molecule has 1 aliphatic heterocycles. The lowest BCUT2D eigenvalue weighted by Gasteiger charge is -2.29. The Bertz CT molecular complexity index is 148. The lowest BCUT2D eigenvalue weighted by molar-refractivity contribution is 0.0551. The van der Waals surface area contributed by atoms with Crippen molar-refractivity contribution in [3.8, 4) is 0 Å². The van der Waals surface area contributed by atoms with Gasteiger partial charge in [-0.15, -0.1) is 0 Å². The van der Waals surface area contributed by atoms with Crippen molar-refractivity contribution in [2.75, 3.05) is 39.4 Å². The van der Waals surface area contributed by atoms with Crippen LogP contribution in [0.2, 0.25) is 0 Å². The number of aliphatic hydroxyl groups excluding tert-OH is 1. The summed E-state index contributed by atoms with van der Waals surface area (Å²) in [6.07, 6.45) is 3.86. The van der Waals surface area contributed by atoms with Crippen LogP contribution in [0.5, 0.6) is 0 Å². The van der Waals surface area contributed by atoms with Crippen molar-refractivity contribution < 1.29 is 9.84 Å². The van der Waals surface area contributed by atoms with Crippen LogP contribution in [-0.4, -0.2) is 55.5 Å². The zero-order chi connectivity index (χ0) is 10.9. The van der Waals surface area contributed by atoms with E-state index in [1.165, 1.54) is 0 Å². The molecule has 90 valence electrons. The molecule has 0 radical (unpaired) electrons. The third-order valence-electron chi connectivity index (χ3n) is 2.85. The lowest BCUT2D eigenvalue weighted by atomic mass is 10.1. The largest absolute Gasteiger partial charge is 0.393 e. The minimum absolute atomic E-state index is 0.0771. The minimum Gasteiger partial charge on any atom is -0.393 e. The van der Waals surface area contributed by atoms with Crippen LogP contribution in [-0.2, 0) is 4.74 Å². The Balaban J connectivity index is 1.87. The van der Waals surface area contributed by atoms with E-state index in [0.717, 1.165) is 65.1 Å². The fraction of sp³-hybridized carbons (Fsp3) is 1.00. The van der Waals surface area contributed by atoms with Crippen LogP contribution < -0.4 is 5.73 Å². The summed E-state index contributed by atoms with van der Waals surface area (Å²) in [5, 5.41) is 9.33. The van der Waals surface area contributed by atoms with Gasteiger partial charge in [-0.25, -0.2) is 0 Å². The minimum atomic E-state index is -0.0771. The summed E-state index contributed by atoms with van der Waals surface area (Å²) in [5.41, 5.74) is 5.39. The van der Waals surface area contributed by atoms with E-state index in [1.54, 1.807) is 0 Å². The van der Waals surface area contributed by atoms with Crippen molar-refractivity contribution in [2.24, 2.45) is 5.73 Å². The molecule has 0 aromatic rings. The summed E-state index contributed by atoms with van der Waals surface area (Å²) in [5.74, 6) is 0. The van der Waals surface area contributed by atoms with Crippen molar-refractivity contribution in [2.45, 2.75) is 31.8 Å². The molecule has 0 aromatic heterocycles. The highest BCUT2D eigenvalue weighted by molar-refractivity contribution is 4.70. The number of likely N-dealkylation sites (tertiary alicyclic amines) is 1. The van der Waals surface area contributed by atoms with Gasteiger partial charge < -0.3 is 20.5 Å². The number of nitrogens with zero attached hydrogens (tertiary/aromatic N) is 1. The van der Waals surface area contributed by atoms with Crippen LogP contribution in [0.4, 0.5) is 0 Å². The monoisotopic (exact) mass is 216 g/mol. The van der Waals surface area contributed by atoms with Gasteiger partial charge in [0, 0.05) is 26.2 Å². The van der Waals surface area contributed by atoms with E-state index < -0.39 is 0 Å². The molecular weight excluding hydrogens is 192 g/mol. The van der Waals surface area contributed by atoms with Crippen LogP contribution in [0.3, 0.4) is 0 Å². The Kier molecular flexibility index (Phi) is 6.92. The van der Waals surface area contributed by atoms with Gasteiger partial charge in [0.2, 0.25) is 0 Å². The maximum Gasteiger partial charge on any atom is 0.0593 e. The highest BCUT2D eigenvalue weighted by Crippen LogP contribution is 2.08. The van der Waals surface area contributed by atoms with Gasteiger partial charge in [0.25, 0.3) is 0 Å². The number of aliphatic hydroxyl groups is 1. The Morgan fingerprint density at radius 1 is 1.20 bits per heavy atom. The molecule has 0 saturated carbocycles. The fourth-order valence-corrected chi connectivity index (χ4v) is 1.79. The Morgan fingerprint density at radius 2 is 1.93 bits per heavy atom. The molecule has 0 bridgehead atoms. The van der Waals surface area contributed by atoms with Crippen molar-refractivity contribution >= 4 is 0 Å². The van der Waals surface area contributed by atoms with Gasteiger partial charge in [-0.3, -0.25) is 0 Å². The second kappa shape index (κ2) is 8.05. The van der Waals surface area contributed by atoms with Crippen molar-refractivity contribution in [1.82, 2.24) is 4.90 Å². The van der Waals surface area contributed by atoms with Crippen LogP contribution >= 0.6 is 0 Å². The quantitative estimate of drug-likeness (QED) is 0.597. The summed E-state index contributed by atoms with van der Waals surface area (Å²) in [6.45, 7) is 5.40. The molecule has 4 nitrogen and oxygen atoms in total. The molecule has 3 N–H and O–H groups in total. The predicted molar refractivity (Wildman–Crippen MR) is 60.8 cm³/mol. The molecule has 1 fully saturated rings. The van der Waals surface area contributed by atoms with Crippen LogP contribution in [0.15, 0.2) is 0 Å². The molecule has 0 atom stereocenters. The SMILES string of the molecule is NCCCCOCCN1CCC(O)CC1. The van der Waals surface area contributed by atoms with Gasteiger partial charge in [-0.1, -0.05) is 0 Å². The van der Waals surface area contributed by atoms with E-state index in [2.05, 4.69) is 4.90 Å². The zero-order valence-corrected chi connectivity index (χ0v) is 9.53. The Labute approximate surface area is 92.4 Å². The highest BCUT2D eigenvalue weighted by atomic mass is 16.5. The van der Waals surface area contributed by atoms with Gasteiger partial charge >= 0.3 is 0 Å². The van der Waals surface area contributed by atoms with Gasteiger partial charge in [-0.05, 0) is 32.2 Å². The molecule has 0 unspecified atom stereocenters. The van der Waals surface area contributed by atoms with Gasteiger partial charge in [0.15, 0.2) is 0 Å². The molecule has 1 heterocycles. The average Bonchev–Trinajstić information content (AvgIpc) is 2.26. The van der Waals surface area contributed by atoms with Gasteiger partial charge in [0.05, 0.1) is 12.7 Å². The summed E-state index contributed by atoms with van der Waals surface area (Å²) in [7, 11) is 0. The van der Waals surface area contributed by atoms with Gasteiger partial charge in [0.1, 0.15) is 0 Å². The van der Waals surface area contributed by atoms with E-state index in [-0.39, 0.29) is 6.10 Å². The second-order valence-corrected chi connectivity index (χ2v) is 4.18. The average molecular weight is 216 g/mol. The summed E-state index contributed by atoms with van der Waals surface area (Å²) in [4.78, 5) is 2.36. The van der Waals surface area contributed by atoms with E-state index in [4.69, 9.17) is 10.5 Å². The standard InChI is InChI=1S/C11H24N2O2/c12-5-1-2-9-15-10-8-13-6-3-11(14)4-7-13/h11,14H,1-10,12H2. The normalized spacial score (nSPS) is 19.6. The van der Waals surface area contributed by atoms with E-state index in [1.807, 2.05) is 0 Å². The first-order chi connectivity index (χ1) is 7.33. The first kappa shape index (κ1) is 12.9. The molecule has 0 amide bonds. The molecule has 0 aromatic carbocycles. The van der Waals surface area contributed by atoms with Crippen LogP contribution in [0, 0.1) is 0 Å². The summed E-state index contributed by atoms with van der Waals surface area (Å²) >= 11 is 0. The number of hydrogen-bond donors (Lipinski definition) is 2. The lowest BCUT2D eigenvalue weighted by Crippen LogP contribution is -2.37. The van der Waals surface area contributed by atoms with Crippen LogP contribution in [0.25, 0.3) is 0 Å². The Hall–Kier alpha value is -0.160. The topological polar surface area (TPSA) is 58.7 Å².